The minimum Gasteiger partial charge on any atom is -0.308 e. The van der Waals surface area contributed by atoms with E-state index in [1.165, 1.54) is 0 Å². The van der Waals surface area contributed by atoms with E-state index in [4.69, 9.17) is 0 Å². The van der Waals surface area contributed by atoms with Crippen LogP contribution in [0.25, 0.3) is 0 Å². The molecule has 2 rings (SSSR count). The lowest BCUT2D eigenvalue weighted by atomic mass is 9.72. The predicted molar refractivity (Wildman–Crippen MR) is 62.0 cm³/mol. The summed E-state index contributed by atoms with van der Waals surface area (Å²) < 4.78 is 0.925. The number of carbonyl (C=O) groups excluding carboxylic acids is 1. The third-order valence-electron chi connectivity index (χ3n) is 2.98. The highest BCUT2D eigenvalue weighted by atomic mass is 79.9. The van der Waals surface area contributed by atoms with Crippen LogP contribution in [0.4, 0.5) is 0 Å². The summed E-state index contributed by atoms with van der Waals surface area (Å²) in [5, 5.41) is 7.04. The van der Waals surface area contributed by atoms with Gasteiger partial charge in [0.05, 0.1) is 5.54 Å². The van der Waals surface area contributed by atoms with Crippen LogP contribution in [0.15, 0.2) is 15.2 Å². The highest BCUT2D eigenvalue weighted by Gasteiger charge is 2.43. The lowest BCUT2D eigenvalue weighted by Crippen LogP contribution is -2.55. The second-order valence-corrected chi connectivity index (χ2v) is 5.25. The van der Waals surface area contributed by atoms with E-state index >= 15 is 0 Å². The summed E-state index contributed by atoms with van der Waals surface area (Å²) in [6.45, 7) is 0. The Hall–Kier alpha value is -0.190. The first kappa shape index (κ1) is 10.3. The first-order valence-corrected chi connectivity index (χ1v) is 6.38. The van der Waals surface area contributed by atoms with E-state index < -0.39 is 0 Å². The maximum absolute atomic E-state index is 12.2. The second kappa shape index (κ2) is 3.76. The molecule has 0 saturated heterocycles. The second-order valence-electron chi connectivity index (χ2n) is 3.65. The van der Waals surface area contributed by atoms with Gasteiger partial charge in [-0.15, -0.1) is 0 Å². The van der Waals surface area contributed by atoms with E-state index in [2.05, 4.69) is 21.2 Å². The minimum absolute atomic E-state index is 0.236. The third-order valence-corrected chi connectivity index (χ3v) is 4.68. The molecule has 1 aliphatic carbocycles. The van der Waals surface area contributed by atoms with Gasteiger partial charge in [-0.1, -0.05) is 0 Å². The molecule has 1 fully saturated rings. The van der Waals surface area contributed by atoms with Crippen molar-refractivity contribution in [2.24, 2.45) is 0 Å². The van der Waals surface area contributed by atoms with Crippen LogP contribution in [-0.4, -0.2) is 18.4 Å². The fourth-order valence-corrected chi connectivity index (χ4v) is 3.28. The zero-order valence-corrected chi connectivity index (χ0v) is 10.4. The van der Waals surface area contributed by atoms with E-state index in [1.54, 1.807) is 11.3 Å². The molecule has 1 heterocycles. The number of hydrogen-bond donors (Lipinski definition) is 1. The van der Waals surface area contributed by atoms with Crippen LogP contribution < -0.4 is 5.32 Å². The summed E-state index contributed by atoms with van der Waals surface area (Å²) in [4.78, 5) is 12.2. The van der Waals surface area contributed by atoms with Crippen LogP contribution in [0.1, 0.15) is 29.6 Å². The molecule has 0 atom stereocenters. The number of ketones is 1. The zero-order chi connectivity index (χ0) is 10.2. The summed E-state index contributed by atoms with van der Waals surface area (Å²) in [5.41, 5.74) is 0.549. The number of thiophene rings is 1. The van der Waals surface area contributed by atoms with Crippen molar-refractivity contribution in [3.05, 3.63) is 20.8 Å². The Labute approximate surface area is 95.8 Å². The van der Waals surface area contributed by atoms with Crippen molar-refractivity contribution >= 4 is 33.0 Å². The third kappa shape index (κ3) is 1.45. The summed E-state index contributed by atoms with van der Waals surface area (Å²) in [6.07, 6.45) is 3.07. The largest absolute Gasteiger partial charge is 0.308 e. The van der Waals surface area contributed by atoms with Crippen LogP contribution in [-0.2, 0) is 0 Å². The van der Waals surface area contributed by atoms with Crippen molar-refractivity contribution in [3.8, 4) is 0 Å². The van der Waals surface area contributed by atoms with Gasteiger partial charge >= 0.3 is 0 Å². The Bertz CT molecular complexity index is 351. The average Bonchev–Trinajstić information content (AvgIpc) is 2.50. The molecule has 0 aliphatic heterocycles. The number of rotatable bonds is 3. The average molecular weight is 274 g/mol. The quantitative estimate of drug-likeness (QED) is 0.859. The lowest BCUT2D eigenvalue weighted by molar-refractivity contribution is 0.0745. The number of hydrogen-bond acceptors (Lipinski definition) is 3. The molecule has 0 bridgehead atoms. The van der Waals surface area contributed by atoms with Gasteiger partial charge in [0.2, 0.25) is 0 Å². The summed E-state index contributed by atoms with van der Waals surface area (Å²) in [7, 11) is 1.87. The molecule has 76 valence electrons. The molecule has 2 nitrogen and oxygen atoms in total. The predicted octanol–water partition coefficient (Wildman–Crippen LogP) is 2.84. The van der Waals surface area contributed by atoms with Crippen molar-refractivity contribution < 1.29 is 4.79 Å². The summed E-state index contributed by atoms with van der Waals surface area (Å²) in [5.74, 6) is 0.236. The molecule has 1 saturated carbocycles. The molecule has 1 aromatic rings. The summed E-state index contributed by atoms with van der Waals surface area (Å²) in [6, 6.07) is 0. The molecular weight excluding hydrogens is 262 g/mol. The standard InChI is InChI=1S/C10H12BrNOS/c1-12-10(3-2-4-10)9(13)7-5-14-6-8(7)11/h5-6,12H,2-4H2,1H3. The van der Waals surface area contributed by atoms with Crippen LogP contribution >= 0.6 is 27.3 Å². The van der Waals surface area contributed by atoms with E-state index in [1.807, 2.05) is 17.8 Å². The number of nitrogens with one attached hydrogen (secondary N) is 1. The van der Waals surface area contributed by atoms with Gasteiger partial charge in [0.1, 0.15) is 0 Å². The first-order chi connectivity index (χ1) is 6.69. The smallest absolute Gasteiger partial charge is 0.184 e. The van der Waals surface area contributed by atoms with Crippen molar-refractivity contribution in [2.45, 2.75) is 24.8 Å². The van der Waals surface area contributed by atoms with E-state index in [-0.39, 0.29) is 11.3 Å². The van der Waals surface area contributed by atoms with Gasteiger partial charge in [-0.05, 0) is 42.2 Å². The van der Waals surface area contributed by atoms with Gasteiger partial charge in [0.25, 0.3) is 0 Å². The van der Waals surface area contributed by atoms with Gasteiger partial charge in [-0.3, -0.25) is 4.79 Å². The van der Waals surface area contributed by atoms with Gasteiger partial charge in [0, 0.05) is 20.8 Å². The van der Waals surface area contributed by atoms with Crippen molar-refractivity contribution in [1.82, 2.24) is 5.32 Å². The van der Waals surface area contributed by atoms with Gasteiger partial charge in [-0.25, -0.2) is 0 Å². The molecule has 0 radical (unpaired) electrons. The Morgan fingerprint density at radius 3 is 2.64 bits per heavy atom. The first-order valence-electron chi connectivity index (χ1n) is 4.65. The van der Waals surface area contributed by atoms with E-state index in [0.717, 1.165) is 29.3 Å². The highest BCUT2D eigenvalue weighted by molar-refractivity contribution is 9.10. The monoisotopic (exact) mass is 273 g/mol. The summed E-state index contributed by atoms with van der Waals surface area (Å²) >= 11 is 4.96. The topological polar surface area (TPSA) is 29.1 Å². The molecule has 0 amide bonds. The molecule has 4 heteroatoms. The molecular formula is C10H12BrNOS. The van der Waals surface area contributed by atoms with Crippen LogP contribution in [0, 0.1) is 0 Å². The van der Waals surface area contributed by atoms with Crippen LogP contribution in [0.2, 0.25) is 0 Å². The number of Topliss-reactive ketones (excluding diaryl/α,β-unsaturated/α-hetero) is 1. The molecule has 0 spiro atoms. The Kier molecular flexibility index (Phi) is 2.77. The number of carbonyl (C=O) groups is 1. The maximum Gasteiger partial charge on any atom is 0.184 e. The van der Waals surface area contributed by atoms with Gasteiger partial charge in [-0.2, -0.15) is 11.3 Å². The van der Waals surface area contributed by atoms with Crippen LogP contribution in [0.3, 0.4) is 0 Å². The zero-order valence-electron chi connectivity index (χ0n) is 7.97. The molecule has 0 unspecified atom stereocenters. The highest BCUT2D eigenvalue weighted by Crippen LogP contribution is 2.36. The number of likely N-dealkylation sites (N-methyl/N-ethyl adjacent to an activating group) is 1. The molecule has 1 N–H and O–H groups in total. The fourth-order valence-electron chi connectivity index (χ4n) is 1.82. The minimum atomic E-state index is -0.274. The molecule has 1 aromatic heterocycles. The van der Waals surface area contributed by atoms with Crippen molar-refractivity contribution in [1.29, 1.82) is 0 Å². The lowest BCUT2D eigenvalue weighted by Gasteiger charge is -2.40. The van der Waals surface area contributed by atoms with E-state index in [0.29, 0.717) is 0 Å². The van der Waals surface area contributed by atoms with Crippen molar-refractivity contribution in [2.75, 3.05) is 7.05 Å². The Morgan fingerprint density at radius 2 is 2.29 bits per heavy atom. The van der Waals surface area contributed by atoms with Gasteiger partial charge < -0.3 is 5.32 Å². The normalized spacial score (nSPS) is 19.0. The van der Waals surface area contributed by atoms with Crippen LogP contribution in [0.5, 0.6) is 0 Å². The molecule has 0 aromatic carbocycles. The van der Waals surface area contributed by atoms with Gasteiger partial charge in [0.15, 0.2) is 5.78 Å². The molecule has 14 heavy (non-hydrogen) atoms. The number of halogens is 1. The fraction of sp³-hybridized carbons (Fsp3) is 0.500. The Balaban J connectivity index is 2.27. The Morgan fingerprint density at radius 1 is 1.57 bits per heavy atom. The SMILES string of the molecule is CNC1(C(=O)c2cscc2Br)CCC1. The maximum atomic E-state index is 12.2. The molecule has 1 aliphatic rings. The van der Waals surface area contributed by atoms with E-state index in [9.17, 15) is 4.79 Å². The van der Waals surface area contributed by atoms with Crippen molar-refractivity contribution in [3.63, 3.8) is 0 Å².